The van der Waals surface area contributed by atoms with Gasteiger partial charge in [0, 0.05) is 11.3 Å². The Balaban J connectivity index is 1.43. The monoisotopic (exact) mass is 404 g/mol. The summed E-state index contributed by atoms with van der Waals surface area (Å²) in [6.45, 7) is 2.88. The van der Waals surface area contributed by atoms with Crippen LogP contribution in [0, 0.1) is 0 Å². The van der Waals surface area contributed by atoms with Gasteiger partial charge in [-0.15, -0.1) is 0 Å². The van der Waals surface area contributed by atoms with E-state index in [-0.39, 0.29) is 5.91 Å². The summed E-state index contributed by atoms with van der Waals surface area (Å²) in [7, 11) is 1.63. The van der Waals surface area contributed by atoms with Gasteiger partial charge in [0.1, 0.15) is 36.0 Å². The predicted octanol–water partition coefficient (Wildman–Crippen LogP) is 4.59. The van der Waals surface area contributed by atoms with E-state index in [4.69, 9.17) is 14.2 Å². The van der Waals surface area contributed by atoms with Crippen LogP contribution in [0.25, 0.3) is 0 Å². The summed E-state index contributed by atoms with van der Waals surface area (Å²) < 4.78 is 17.0. The highest BCUT2D eigenvalue weighted by molar-refractivity contribution is 6.05. The molecule has 1 heterocycles. The molecule has 0 saturated heterocycles. The van der Waals surface area contributed by atoms with E-state index in [0.29, 0.717) is 24.5 Å². The third-order valence-corrected chi connectivity index (χ3v) is 4.87. The number of methoxy groups -OCH3 is 1. The van der Waals surface area contributed by atoms with Crippen LogP contribution in [-0.2, 0) is 0 Å². The predicted molar refractivity (Wildman–Crippen MR) is 117 cm³/mol. The molecule has 1 atom stereocenters. The number of carbonyl (C=O) groups excluding carboxylic acids is 1. The minimum atomic E-state index is -0.443. The van der Waals surface area contributed by atoms with Crippen LogP contribution in [0.15, 0.2) is 72.8 Å². The molecule has 1 unspecified atom stereocenters. The third kappa shape index (κ3) is 4.49. The topological polar surface area (TPSA) is 68.8 Å². The van der Waals surface area contributed by atoms with Crippen molar-refractivity contribution in [2.75, 3.05) is 31.0 Å². The van der Waals surface area contributed by atoms with Gasteiger partial charge >= 0.3 is 0 Å². The Labute approximate surface area is 175 Å². The molecule has 154 valence electrons. The fraction of sp³-hybridized carbons (Fsp3) is 0.208. The molecule has 0 saturated carbocycles. The first-order chi connectivity index (χ1) is 14.5. The van der Waals surface area contributed by atoms with Crippen molar-refractivity contribution in [3.8, 4) is 17.2 Å². The Morgan fingerprint density at radius 1 is 1.07 bits per heavy atom. The Bertz CT molecular complexity index is 1020. The summed E-state index contributed by atoms with van der Waals surface area (Å²) in [5, 5.41) is 6.37. The second-order valence-electron chi connectivity index (χ2n) is 7.47. The van der Waals surface area contributed by atoms with Gasteiger partial charge < -0.3 is 24.8 Å². The minimum Gasteiger partial charge on any atom is -0.497 e. The van der Waals surface area contributed by atoms with Crippen LogP contribution >= 0.6 is 0 Å². The number of benzene rings is 3. The molecule has 1 amide bonds. The average molecular weight is 404 g/mol. The number of carbonyl (C=O) groups is 1. The van der Waals surface area contributed by atoms with Crippen LogP contribution in [0.3, 0.4) is 0 Å². The van der Waals surface area contributed by atoms with Crippen LogP contribution < -0.4 is 24.8 Å². The number of ether oxygens (including phenoxy) is 3. The lowest BCUT2D eigenvalue weighted by Crippen LogP contribution is -2.48. The maximum absolute atomic E-state index is 12.6. The molecule has 0 radical (unpaired) electrons. The molecule has 2 N–H and O–H groups in total. The van der Waals surface area contributed by atoms with E-state index in [9.17, 15) is 4.79 Å². The fourth-order valence-electron chi connectivity index (χ4n) is 3.21. The highest BCUT2D eigenvalue weighted by atomic mass is 16.5. The van der Waals surface area contributed by atoms with Crippen LogP contribution in [0.4, 0.5) is 11.4 Å². The number of nitrogens with one attached hydrogen (secondary N) is 2. The first kappa shape index (κ1) is 19.6. The molecule has 3 aromatic carbocycles. The lowest BCUT2D eigenvalue weighted by molar-refractivity contribution is 0.102. The van der Waals surface area contributed by atoms with E-state index in [1.807, 2.05) is 67.6 Å². The summed E-state index contributed by atoms with van der Waals surface area (Å²) in [6.07, 6.45) is 0. The first-order valence-corrected chi connectivity index (χ1v) is 9.73. The van der Waals surface area contributed by atoms with E-state index in [0.717, 1.165) is 22.9 Å². The Morgan fingerprint density at radius 3 is 2.53 bits per heavy atom. The number of para-hydroxylation sites is 1. The molecule has 4 rings (SSSR count). The average Bonchev–Trinajstić information content (AvgIpc) is 2.78. The molecule has 6 nitrogen and oxygen atoms in total. The van der Waals surface area contributed by atoms with Crippen molar-refractivity contribution in [1.29, 1.82) is 0 Å². The molecule has 0 aromatic heterocycles. The van der Waals surface area contributed by atoms with Gasteiger partial charge in [-0.05, 0) is 61.5 Å². The third-order valence-electron chi connectivity index (χ3n) is 4.87. The smallest absolute Gasteiger partial charge is 0.255 e. The molecule has 3 aromatic rings. The maximum Gasteiger partial charge on any atom is 0.255 e. The SMILES string of the molecule is COc1ccc(OCC2(C)COc3ccc(C(=O)Nc4ccccc4)cc3N2)cc1. The van der Waals surface area contributed by atoms with Crippen molar-refractivity contribution >= 4 is 17.3 Å². The number of hydrogen-bond acceptors (Lipinski definition) is 5. The molecule has 1 aliphatic heterocycles. The van der Waals surface area contributed by atoms with Crippen LogP contribution in [0.5, 0.6) is 17.2 Å². The van der Waals surface area contributed by atoms with Crippen molar-refractivity contribution < 1.29 is 19.0 Å². The summed E-state index contributed by atoms with van der Waals surface area (Å²) >= 11 is 0. The van der Waals surface area contributed by atoms with Gasteiger partial charge in [-0.3, -0.25) is 4.79 Å². The van der Waals surface area contributed by atoms with Gasteiger partial charge in [0.2, 0.25) is 0 Å². The molecule has 30 heavy (non-hydrogen) atoms. The van der Waals surface area contributed by atoms with E-state index >= 15 is 0 Å². The molecule has 6 heteroatoms. The van der Waals surface area contributed by atoms with E-state index in [1.165, 1.54) is 0 Å². The van der Waals surface area contributed by atoms with Gasteiger partial charge in [-0.1, -0.05) is 18.2 Å². The van der Waals surface area contributed by atoms with Crippen molar-refractivity contribution in [3.05, 3.63) is 78.4 Å². The largest absolute Gasteiger partial charge is 0.497 e. The summed E-state index contributed by atoms with van der Waals surface area (Å²) in [4.78, 5) is 12.6. The Kier molecular flexibility index (Phi) is 5.48. The highest BCUT2D eigenvalue weighted by Gasteiger charge is 2.32. The van der Waals surface area contributed by atoms with Gasteiger partial charge in [0.25, 0.3) is 5.91 Å². The molecular formula is C24H24N2O4. The lowest BCUT2D eigenvalue weighted by atomic mass is 10.0. The number of rotatable bonds is 6. The summed E-state index contributed by atoms with van der Waals surface area (Å²) in [6, 6.07) is 22.2. The molecule has 1 aliphatic rings. The number of anilines is 2. The van der Waals surface area contributed by atoms with E-state index in [1.54, 1.807) is 19.2 Å². The summed E-state index contributed by atoms with van der Waals surface area (Å²) in [5.41, 5.74) is 1.63. The maximum atomic E-state index is 12.6. The van der Waals surface area contributed by atoms with Crippen LogP contribution in [0.2, 0.25) is 0 Å². The second kappa shape index (κ2) is 8.37. The highest BCUT2D eigenvalue weighted by Crippen LogP contribution is 2.34. The number of fused-ring (bicyclic) bond motifs is 1. The Morgan fingerprint density at radius 2 is 1.80 bits per heavy atom. The minimum absolute atomic E-state index is 0.174. The van der Waals surface area contributed by atoms with Gasteiger partial charge in [0.15, 0.2) is 0 Å². The van der Waals surface area contributed by atoms with Crippen molar-refractivity contribution in [2.45, 2.75) is 12.5 Å². The number of amides is 1. The van der Waals surface area contributed by atoms with Crippen molar-refractivity contribution in [1.82, 2.24) is 0 Å². The Hall–Kier alpha value is -3.67. The van der Waals surface area contributed by atoms with Crippen LogP contribution in [-0.4, -0.2) is 31.8 Å². The van der Waals surface area contributed by atoms with Gasteiger partial charge in [-0.2, -0.15) is 0 Å². The molecule has 0 fully saturated rings. The summed E-state index contributed by atoms with van der Waals surface area (Å²) in [5.74, 6) is 2.07. The molecular weight excluding hydrogens is 380 g/mol. The van der Waals surface area contributed by atoms with E-state index in [2.05, 4.69) is 10.6 Å². The standard InChI is InChI=1S/C24H24N2O4/c1-24(15-29-20-11-9-19(28-2)10-12-20)16-30-22-13-8-17(14-21(22)26-24)23(27)25-18-6-4-3-5-7-18/h3-14,26H,15-16H2,1-2H3,(H,25,27). The van der Waals surface area contributed by atoms with Crippen molar-refractivity contribution in [3.63, 3.8) is 0 Å². The number of hydrogen-bond donors (Lipinski definition) is 2. The van der Waals surface area contributed by atoms with Crippen LogP contribution in [0.1, 0.15) is 17.3 Å². The van der Waals surface area contributed by atoms with E-state index < -0.39 is 5.54 Å². The molecule has 0 spiro atoms. The molecule has 0 bridgehead atoms. The zero-order chi connectivity index (χ0) is 21.0. The molecule has 0 aliphatic carbocycles. The zero-order valence-electron chi connectivity index (χ0n) is 17.0. The van der Waals surface area contributed by atoms with Gasteiger partial charge in [-0.25, -0.2) is 0 Å². The zero-order valence-corrected chi connectivity index (χ0v) is 17.0. The first-order valence-electron chi connectivity index (χ1n) is 9.73. The quantitative estimate of drug-likeness (QED) is 0.629. The van der Waals surface area contributed by atoms with Crippen molar-refractivity contribution in [2.24, 2.45) is 0 Å². The normalized spacial score (nSPS) is 17.1. The second-order valence-corrected chi connectivity index (χ2v) is 7.47. The lowest BCUT2D eigenvalue weighted by Gasteiger charge is -2.36. The van der Waals surface area contributed by atoms with Gasteiger partial charge in [0.05, 0.1) is 12.8 Å². The fourth-order valence-corrected chi connectivity index (χ4v) is 3.21.